The molecule has 0 amide bonds. The smallest absolute Gasteiger partial charge is 0.187 e. The second-order valence-corrected chi connectivity index (χ2v) is 4.82. The lowest BCUT2D eigenvalue weighted by Gasteiger charge is -2.15. The van der Waals surface area contributed by atoms with E-state index in [1.54, 1.807) is 19.4 Å². The van der Waals surface area contributed by atoms with Gasteiger partial charge >= 0.3 is 0 Å². The Labute approximate surface area is 131 Å². The van der Waals surface area contributed by atoms with E-state index in [0.29, 0.717) is 23.2 Å². The van der Waals surface area contributed by atoms with Crippen LogP contribution >= 0.6 is 12.2 Å². The van der Waals surface area contributed by atoms with E-state index < -0.39 is 0 Å². The van der Waals surface area contributed by atoms with Crippen molar-refractivity contribution in [2.75, 3.05) is 13.7 Å². The van der Waals surface area contributed by atoms with Gasteiger partial charge in [-0.3, -0.25) is 5.43 Å². The number of benzene rings is 1. The lowest BCUT2D eigenvalue weighted by atomic mass is 10.2. The summed E-state index contributed by atoms with van der Waals surface area (Å²) in [5.41, 5.74) is 3.54. The van der Waals surface area contributed by atoms with Crippen LogP contribution in [0, 0.1) is 0 Å². The Morgan fingerprint density at radius 2 is 2.24 bits per heavy atom. The van der Waals surface area contributed by atoms with Crippen molar-refractivity contribution in [3.8, 4) is 11.5 Å². The molecular formula is C15H21N3O2S. The van der Waals surface area contributed by atoms with Crippen LogP contribution in [0.4, 0.5) is 0 Å². The molecule has 1 rings (SSSR count). The van der Waals surface area contributed by atoms with Crippen LogP contribution in [0.3, 0.4) is 0 Å². The number of rotatable bonds is 7. The van der Waals surface area contributed by atoms with Crippen molar-refractivity contribution in [2.24, 2.45) is 5.10 Å². The summed E-state index contributed by atoms with van der Waals surface area (Å²) in [5.74, 6) is 1.32. The van der Waals surface area contributed by atoms with Crippen LogP contribution in [0.1, 0.15) is 19.4 Å². The third-order valence-electron chi connectivity index (χ3n) is 2.36. The highest BCUT2D eigenvalue weighted by Crippen LogP contribution is 2.30. The van der Waals surface area contributed by atoms with Gasteiger partial charge in [-0.25, -0.2) is 0 Å². The number of para-hydroxylation sites is 1. The lowest BCUT2D eigenvalue weighted by Crippen LogP contribution is -2.31. The van der Waals surface area contributed by atoms with Gasteiger partial charge in [0.15, 0.2) is 16.6 Å². The summed E-state index contributed by atoms with van der Waals surface area (Å²) >= 11 is 5.05. The van der Waals surface area contributed by atoms with Crippen LogP contribution in [0.25, 0.3) is 0 Å². The quantitative estimate of drug-likeness (QED) is 0.351. The highest BCUT2D eigenvalue weighted by molar-refractivity contribution is 7.80. The van der Waals surface area contributed by atoms with E-state index in [0.717, 1.165) is 5.56 Å². The molecule has 5 nitrogen and oxygen atoms in total. The first-order valence-corrected chi connectivity index (χ1v) is 7.00. The van der Waals surface area contributed by atoms with Crippen LogP contribution < -0.4 is 20.2 Å². The van der Waals surface area contributed by atoms with Crippen LogP contribution in [0.5, 0.6) is 11.5 Å². The molecule has 0 radical (unpaired) electrons. The molecule has 0 aliphatic heterocycles. The number of nitrogens with one attached hydrogen (secondary N) is 2. The molecule has 0 fully saturated rings. The molecule has 0 aromatic heterocycles. The fraction of sp³-hybridized carbons (Fsp3) is 0.333. The molecule has 0 bridgehead atoms. The van der Waals surface area contributed by atoms with Crippen LogP contribution in [-0.4, -0.2) is 31.1 Å². The molecule has 0 saturated heterocycles. The van der Waals surface area contributed by atoms with Gasteiger partial charge in [0.05, 0.1) is 19.4 Å². The standard InChI is InChI=1S/C15H21N3O2S/c1-5-9-16-15(21)18-17-10-12-7-6-8-13(19-4)14(12)20-11(2)3/h5-8,10-11H,1,9H2,2-4H3,(H2,16,18,21)/b17-10-. The normalized spacial score (nSPS) is 10.5. The first-order valence-electron chi connectivity index (χ1n) is 6.60. The van der Waals surface area contributed by atoms with Gasteiger partial charge < -0.3 is 14.8 Å². The Morgan fingerprint density at radius 3 is 2.86 bits per heavy atom. The van der Waals surface area contributed by atoms with Crippen molar-refractivity contribution in [3.05, 3.63) is 36.4 Å². The maximum absolute atomic E-state index is 5.78. The van der Waals surface area contributed by atoms with Crippen molar-refractivity contribution in [1.29, 1.82) is 0 Å². The fourth-order valence-electron chi connectivity index (χ4n) is 1.52. The maximum Gasteiger partial charge on any atom is 0.187 e. The zero-order valence-electron chi connectivity index (χ0n) is 12.6. The average Bonchev–Trinajstić information content (AvgIpc) is 2.46. The summed E-state index contributed by atoms with van der Waals surface area (Å²) in [4.78, 5) is 0. The van der Waals surface area contributed by atoms with Gasteiger partial charge in [-0.2, -0.15) is 5.10 Å². The number of hydrogen-bond donors (Lipinski definition) is 2. The Balaban J connectivity index is 2.81. The predicted octanol–water partition coefficient (Wildman–Crippen LogP) is 2.47. The summed E-state index contributed by atoms with van der Waals surface area (Å²) in [6, 6.07) is 5.62. The zero-order valence-corrected chi connectivity index (χ0v) is 13.4. The Bertz CT molecular complexity index is 516. The van der Waals surface area contributed by atoms with Gasteiger partial charge in [0.2, 0.25) is 0 Å². The Hall–Kier alpha value is -2.08. The molecule has 0 saturated carbocycles. The fourth-order valence-corrected chi connectivity index (χ4v) is 1.66. The Kier molecular flexibility index (Phi) is 7.25. The summed E-state index contributed by atoms with van der Waals surface area (Å²) < 4.78 is 11.1. The first kappa shape index (κ1) is 17.0. The van der Waals surface area contributed by atoms with E-state index in [1.165, 1.54) is 0 Å². The second-order valence-electron chi connectivity index (χ2n) is 4.41. The van der Waals surface area contributed by atoms with Crippen LogP contribution in [0.15, 0.2) is 36.0 Å². The van der Waals surface area contributed by atoms with Gasteiger partial charge in [0.25, 0.3) is 0 Å². The zero-order chi connectivity index (χ0) is 15.7. The molecule has 0 heterocycles. The molecule has 1 aromatic rings. The molecule has 114 valence electrons. The molecule has 2 N–H and O–H groups in total. The minimum Gasteiger partial charge on any atom is -0.493 e. The average molecular weight is 307 g/mol. The summed E-state index contributed by atoms with van der Waals surface area (Å²) in [6.45, 7) is 8.10. The van der Waals surface area contributed by atoms with Crippen molar-refractivity contribution in [3.63, 3.8) is 0 Å². The van der Waals surface area contributed by atoms with Crippen molar-refractivity contribution >= 4 is 23.5 Å². The van der Waals surface area contributed by atoms with Gasteiger partial charge in [0, 0.05) is 12.1 Å². The van der Waals surface area contributed by atoms with Crippen molar-refractivity contribution in [1.82, 2.24) is 10.7 Å². The van der Waals surface area contributed by atoms with Crippen LogP contribution in [-0.2, 0) is 0 Å². The number of hydrogen-bond acceptors (Lipinski definition) is 4. The monoisotopic (exact) mass is 307 g/mol. The van der Waals surface area contributed by atoms with E-state index in [4.69, 9.17) is 21.7 Å². The lowest BCUT2D eigenvalue weighted by molar-refractivity contribution is 0.230. The molecule has 6 heteroatoms. The van der Waals surface area contributed by atoms with Crippen molar-refractivity contribution < 1.29 is 9.47 Å². The largest absolute Gasteiger partial charge is 0.493 e. The number of nitrogens with zero attached hydrogens (tertiary/aromatic N) is 1. The number of methoxy groups -OCH3 is 1. The summed E-state index contributed by atoms with van der Waals surface area (Å²) in [7, 11) is 1.61. The van der Waals surface area contributed by atoms with Crippen LogP contribution in [0.2, 0.25) is 0 Å². The van der Waals surface area contributed by atoms with Gasteiger partial charge in [0.1, 0.15) is 0 Å². The maximum atomic E-state index is 5.78. The second kappa shape index (κ2) is 8.97. The van der Waals surface area contributed by atoms with E-state index in [2.05, 4.69) is 22.4 Å². The number of hydrazone groups is 1. The number of thiocarbonyl (C=S) groups is 1. The molecular weight excluding hydrogens is 286 g/mol. The van der Waals surface area contributed by atoms with E-state index in [9.17, 15) is 0 Å². The summed E-state index contributed by atoms with van der Waals surface area (Å²) in [6.07, 6.45) is 3.40. The predicted molar refractivity (Wildman–Crippen MR) is 90.3 cm³/mol. The molecule has 0 aliphatic carbocycles. The van der Waals surface area contributed by atoms with E-state index >= 15 is 0 Å². The molecule has 0 aliphatic rings. The molecule has 0 unspecified atom stereocenters. The first-order chi connectivity index (χ1) is 10.1. The Morgan fingerprint density at radius 1 is 1.48 bits per heavy atom. The molecule has 0 atom stereocenters. The van der Waals surface area contributed by atoms with Gasteiger partial charge in [-0.15, -0.1) is 6.58 Å². The number of ether oxygens (including phenoxy) is 2. The van der Waals surface area contributed by atoms with E-state index in [-0.39, 0.29) is 6.10 Å². The molecule has 1 aromatic carbocycles. The highest BCUT2D eigenvalue weighted by atomic mass is 32.1. The minimum absolute atomic E-state index is 0.0387. The van der Waals surface area contributed by atoms with Gasteiger partial charge in [-0.1, -0.05) is 12.1 Å². The molecule has 0 spiro atoms. The molecule has 21 heavy (non-hydrogen) atoms. The van der Waals surface area contributed by atoms with Crippen molar-refractivity contribution in [2.45, 2.75) is 20.0 Å². The van der Waals surface area contributed by atoms with Gasteiger partial charge in [-0.05, 0) is 38.2 Å². The SMILES string of the molecule is C=CCNC(=S)N/N=C\c1cccc(OC)c1OC(C)C. The third-order valence-corrected chi connectivity index (χ3v) is 2.60. The third kappa shape index (κ3) is 5.83. The minimum atomic E-state index is 0.0387. The highest BCUT2D eigenvalue weighted by Gasteiger charge is 2.10. The van der Waals surface area contributed by atoms with E-state index in [1.807, 2.05) is 32.0 Å². The summed E-state index contributed by atoms with van der Waals surface area (Å²) in [5, 5.41) is 7.44. The topological polar surface area (TPSA) is 54.9 Å².